The molecule has 126 valence electrons. The molecule has 1 aromatic heterocycles. The molecule has 2 rings (SSSR count). The molecule has 7 heteroatoms. The van der Waals surface area contributed by atoms with Crippen LogP contribution in [0.15, 0.2) is 18.2 Å². The Hall–Kier alpha value is -1.46. The minimum absolute atomic E-state index is 0.110. The SMILES string of the molecule is [2H]C([2H])(CCc1nc2cc(N(CCCl)CCCl)ccc2n1C([2H])([2H])[2H])C(=O)O. The first kappa shape index (κ1) is 12.0. The Morgan fingerprint density at radius 1 is 1.43 bits per heavy atom. The van der Waals surface area contributed by atoms with Crippen LogP contribution in [0.5, 0.6) is 0 Å². The molecule has 0 radical (unpaired) electrons. The lowest BCUT2D eigenvalue weighted by Gasteiger charge is -2.22. The number of fused-ring (bicyclic) bond motifs is 1. The van der Waals surface area contributed by atoms with Crippen molar-refractivity contribution < 1.29 is 16.8 Å². The lowest BCUT2D eigenvalue weighted by Crippen LogP contribution is -2.27. The van der Waals surface area contributed by atoms with Gasteiger partial charge in [0.15, 0.2) is 0 Å². The molecule has 23 heavy (non-hydrogen) atoms. The smallest absolute Gasteiger partial charge is 0.303 e. The molecule has 0 bridgehead atoms. The molecule has 1 heterocycles. The van der Waals surface area contributed by atoms with E-state index in [0.717, 1.165) is 10.3 Å². The summed E-state index contributed by atoms with van der Waals surface area (Å²) in [7, 11) is 0. The van der Waals surface area contributed by atoms with Gasteiger partial charge in [0.25, 0.3) is 0 Å². The molecule has 0 aliphatic carbocycles. The van der Waals surface area contributed by atoms with E-state index in [4.69, 9.17) is 35.2 Å². The van der Waals surface area contributed by atoms with Crippen LogP contribution in [-0.4, -0.2) is 45.5 Å². The van der Waals surface area contributed by atoms with Crippen molar-refractivity contribution in [2.45, 2.75) is 19.2 Å². The van der Waals surface area contributed by atoms with Gasteiger partial charge in [-0.25, -0.2) is 4.98 Å². The van der Waals surface area contributed by atoms with Crippen molar-refractivity contribution in [3.8, 4) is 0 Å². The number of imidazole rings is 1. The number of carboxylic acids is 1. The van der Waals surface area contributed by atoms with Crippen LogP contribution in [0.25, 0.3) is 11.0 Å². The van der Waals surface area contributed by atoms with Crippen LogP contribution in [0, 0.1) is 0 Å². The molecule has 1 N–H and O–H groups in total. The Morgan fingerprint density at radius 3 is 2.78 bits per heavy atom. The van der Waals surface area contributed by atoms with Crippen LogP contribution in [0.3, 0.4) is 0 Å². The van der Waals surface area contributed by atoms with E-state index in [9.17, 15) is 4.79 Å². The first-order valence-electron chi connectivity index (χ1n) is 9.63. The van der Waals surface area contributed by atoms with E-state index < -0.39 is 19.3 Å². The summed E-state index contributed by atoms with van der Waals surface area (Å²) in [6.07, 6.45) is -2.99. The topological polar surface area (TPSA) is 58.4 Å². The summed E-state index contributed by atoms with van der Waals surface area (Å²) >= 11 is 11.7. The third-order valence-corrected chi connectivity index (χ3v) is 3.74. The molecular weight excluding hydrogens is 337 g/mol. The van der Waals surface area contributed by atoms with Crippen molar-refractivity contribution in [2.75, 3.05) is 29.7 Å². The van der Waals surface area contributed by atoms with E-state index in [0.29, 0.717) is 35.9 Å². The summed E-state index contributed by atoms with van der Waals surface area (Å²) in [5.41, 5.74) is 1.58. The van der Waals surface area contributed by atoms with Crippen molar-refractivity contribution in [2.24, 2.45) is 6.98 Å². The van der Waals surface area contributed by atoms with Crippen molar-refractivity contribution in [3.63, 3.8) is 0 Å². The number of aliphatic carboxylic acids is 1. The summed E-state index contributed by atoms with van der Waals surface area (Å²) in [5.74, 6) is -0.690. The third-order valence-electron chi connectivity index (χ3n) is 3.41. The Kier molecular flexibility index (Phi) is 4.38. The number of benzene rings is 1. The monoisotopic (exact) mass is 362 g/mol. The van der Waals surface area contributed by atoms with Crippen LogP contribution >= 0.6 is 23.2 Å². The van der Waals surface area contributed by atoms with Gasteiger partial charge in [-0.05, 0) is 24.6 Å². The molecule has 0 amide bonds. The number of carbonyl (C=O) groups is 1. The number of nitrogens with zero attached hydrogens (tertiary/aromatic N) is 3. The highest BCUT2D eigenvalue weighted by Gasteiger charge is 2.11. The fourth-order valence-electron chi connectivity index (χ4n) is 2.34. The maximum Gasteiger partial charge on any atom is 0.303 e. The molecule has 0 spiro atoms. The Morgan fingerprint density at radius 2 is 2.17 bits per heavy atom. The van der Waals surface area contributed by atoms with Gasteiger partial charge >= 0.3 is 5.97 Å². The Bertz CT molecular complexity index is 836. The predicted molar refractivity (Wildman–Crippen MR) is 94.9 cm³/mol. The second-order valence-corrected chi connectivity index (χ2v) is 5.64. The summed E-state index contributed by atoms with van der Waals surface area (Å²) < 4.78 is 39.5. The number of halogens is 2. The number of hydrogen-bond donors (Lipinski definition) is 1. The summed E-state index contributed by atoms with van der Waals surface area (Å²) in [6.45, 7) is -1.41. The van der Waals surface area contributed by atoms with Gasteiger partial charge in [0.05, 0.1) is 11.0 Å². The molecule has 2 aromatic rings. The second kappa shape index (κ2) is 8.41. The normalized spacial score (nSPS) is 15.5. The Labute approximate surface area is 152 Å². The number of aryl methyl sites for hydroxylation is 2. The first-order chi connectivity index (χ1) is 13.0. The van der Waals surface area contributed by atoms with E-state index >= 15 is 0 Å². The van der Waals surface area contributed by atoms with Crippen LogP contribution in [0.4, 0.5) is 5.69 Å². The highest BCUT2D eigenvalue weighted by atomic mass is 35.5. The summed E-state index contributed by atoms with van der Waals surface area (Å²) in [6, 6.07) is 5.12. The maximum absolute atomic E-state index is 11.0. The molecule has 0 aliphatic heterocycles. The molecule has 0 unspecified atom stereocenters. The van der Waals surface area contributed by atoms with E-state index in [2.05, 4.69) is 4.98 Å². The number of alkyl halides is 2. The molecule has 0 aliphatic rings. The minimum atomic E-state index is -2.53. The van der Waals surface area contributed by atoms with E-state index in [1.807, 2.05) is 4.90 Å². The number of anilines is 1. The molecule has 0 atom stereocenters. The van der Waals surface area contributed by atoms with Crippen LogP contribution < -0.4 is 4.90 Å². The average Bonchev–Trinajstić information content (AvgIpc) is 2.97. The van der Waals surface area contributed by atoms with Gasteiger partial charge in [-0.1, -0.05) is 0 Å². The van der Waals surface area contributed by atoms with Crippen molar-refractivity contribution >= 4 is 45.9 Å². The Balaban J connectivity index is 2.47. The molecule has 1 aromatic carbocycles. The van der Waals surface area contributed by atoms with Gasteiger partial charge in [-0.3, -0.25) is 4.79 Å². The van der Waals surface area contributed by atoms with Crippen LogP contribution in [0.2, 0.25) is 0 Å². The highest BCUT2D eigenvalue weighted by molar-refractivity contribution is 6.18. The number of aromatic nitrogens is 2. The lowest BCUT2D eigenvalue weighted by molar-refractivity contribution is -0.137. The third kappa shape index (κ3) is 4.52. The summed E-state index contributed by atoms with van der Waals surface area (Å²) in [4.78, 5) is 17.3. The summed E-state index contributed by atoms with van der Waals surface area (Å²) in [5, 5.41) is 8.95. The maximum atomic E-state index is 11.0. The predicted octanol–water partition coefficient (Wildman–Crippen LogP) is 3.26. The zero-order valence-electron chi connectivity index (χ0n) is 17.4. The lowest BCUT2D eigenvalue weighted by atomic mass is 10.2. The molecule has 0 saturated heterocycles. The van der Waals surface area contributed by atoms with Crippen molar-refractivity contribution in [1.29, 1.82) is 0 Å². The van der Waals surface area contributed by atoms with Crippen LogP contribution in [-0.2, 0) is 18.2 Å². The number of hydrogen-bond acceptors (Lipinski definition) is 3. The molecule has 0 fully saturated rings. The number of rotatable bonds is 9. The standard InChI is InChI=1S/C16H21Cl2N3O2/c1-20-14-6-5-12(21(9-7-17)10-8-18)11-13(14)19-15(20)3-2-4-16(22)23/h5-6,11H,2-4,7-10H2,1H3,(H,22,23)/i1D3,4D2. The zero-order valence-corrected chi connectivity index (χ0v) is 13.9. The second-order valence-electron chi connectivity index (χ2n) is 4.88. The molecule has 5 nitrogen and oxygen atoms in total. The highest BCUT2D eigenvalue weighted by Crippen LogP contribution is 2.23. The average molecular weight is 363 g/mol. The van der Waals surface area contributed by atoms with Crippen LogP contribution in [0.1, 0.15) is 25.5 Å². The van der Waals surface area contributed by atoms with Gasteiger partial charge in [-0.2, -0.15) is 0 Å². The van der Waals surface area contributed by atoms with Gasteiger partial charge in [0.2, 0.25) is 0 Å². The minimum Gasteiger partial charge on any atom is -0.481 e. The van der Waals surface area contributed by atoms with E-state index in [1.54, 1.807) is 18.2 Å². The fraction of sp³-hybridized carbons (Fsp3) is 0.500. The van der Waals surface area contributed by atoms with Crippen molar-refractivity contribution in [3.05, 3.63) is 24.0 Å². The fourth-order valence-corrected chi connectivity index (χ4v) is 2.75. The van der Waals surface area contributed by atoms with Crippen molar-refractivity contribution in [1.82, 2.24) is 9.55 Å². The molecule has 0 saturated carbocycles. The zero-order chi connectivity index (χ0) is 21.1. The van der Waals surface area contributed by atoms with E-state index in [-0.39, 0.29) is 18.7 Å². The number of carboxylic acid groups (broad SMARTS) is 1. The molecular formula is C16H21Cl2N3O2. The van der Waals surface area contributed by atoms with Gasteiger partial charge in [-0.15, -0.1) is 23.2 Å². The largest absolute Gasteiger partial charge is 0.481 e. The quantitative estimate of drug-likeness (QED) is 0.695. The first-order valence-corrected chi connectivity index (χ1v) is 8.20. The van der Waals surface area contributed by atoms with Gasteiger partial charge in [0, 0.05) is 57.2 Å². The van der Waals surface area contributed by atoms with Gasteiger partial charge < -0.3 is 14.6 Å². The van der Waals surface area contributed by atoms with E-state index in [1.165, 1.54) is 0 Å². The van der Waals surface area contributed by atoms with Gasteiger partial charge in [0.1, 0.15) is 5.82 Å².